The average Bonchev–Trinajstić information content (AvgIpc) is 2.71. The molecule has 2 aromatic carbocycles. The summed E-state index contributed by atoms with van der Waals surface area (Å²) in [7, 11) is -0.989. The first kappa shape index (κ1) is 21.7. The smallest absolute Gasteiger partial charge is 0.309 e. The standard InChI is InChI=1S/C24H32O4Si/c1-18-16-21(26-5)22(28-23(18)25)17-27-29(24(2,3)4,19-12-8-6-9-13-19)20-14-10-7-11-15-20/h6-15,18,21-22H,16-17H2,1-5H3/t18-,21-,22+/m0/s1. The fraction of sp³-hybridized carbons (Fsp3) is 0.458. The van der Waals surface area contributed by atoms with E-state index in [0.29, 0.717) is 13.0 Å². The molecule has 5 heteroatoms. The third-order valence-electron chi connectivity index (χ3n) is 5.85. The van der Waals surface area contributed by atoms with Crippen molar-refractivity contribution in [1.82, 2.24) is 0 Å². The molecular weight excluding hydrogens is 380 g/mol. The molecule has 4 nitrogen and oxygen atoms in total. The average molecular weight is 413 g/mol. The van der Waals surface area contributed by atoms with Crippen molar-refractivity contribution in [3.05, 3.63) is 60.7 Å². The molecule has 1 aliphatic rings. The Balaban J connectivity index is 2.01. The van der Waals surface area contributed by atoms with E-state index >= 15 is 0 Å². The Morgan fingerprint density at radius 1 is 1.00 bits per heavy atom. The largest absolute Gasteiger partial charge is 0.457 e. The van der Waals surface area contributed by atoms with Crippen molar-refractivity contribution in [2.24, 2.45) is 5.92 Å². The summed E-state index contributed by atoms with van der Waals surface area (Å²) in [5.41, 5.74) is 0. The van der Waals surface area contributed by atoms with Crippen molar-refractivity contribution in [1.29, 1.82) is 0 Å². The zero-order valence-corrected chi connectivity index (χ0v) is 19.1. The van der Waals surface area contributed by atoms with Crippen LogP contribution in [0.3, 0.4) is 0 Å². The number of rotatable bonds is 6. The second-order valence-electron chi connectivity index (χ2n) is 8.86. The summed E-state index contributed by atoms with van der Waals surface area (Å²) in [6.07, 6.45) is 0.107. The maximum Gasteiger partial charge on any atom is 0.309 e. The predicted octanol–water partition coefficient (Wildman–Crippen LogP) is 3.53. The lowest BCUT2D eigenvalue weighted by Gasteiger charge is -2.44. The SMILES string of the molecule is CO[C@H]1C[C@H](C)C(=O)O[C@@H]1CO[Si](c1ccccc1)(c1ccccc1)C(C)(C)C. The van der Waals surface area contributed by atoms with Gasteiger partial charge in [0.15, 0.2) is 0 Å². The molecule has 0 amide bonds. The Labute approximate surface area is 175 Å². The van der Waals surface area contributed by atoms with Crippen LogP contribution in [0.2, 0.25) is 5.04 Å². The molecule has 156 valence electrons. The van der Waals surface area contributed by atoms with Crippen molar-refractivity contribution in [2.75, 3.05) is 13.7 Å². The van der Waals surface area contributed by atoms with E-state index in [1.54, 1.807) is 7.11 Å². The molecule has 3 atom stereocenters. The third-order valence-corrected chi connectivity index (χ3v) is 10.9. The Bertz CT molecular complexity index is 761. The van der Waals surface area contributed by atoms with Crippen LogP contribution in [0.15, 0.2) is 60.7 Å². The van der Waals surface area contributed by atoms with Crippen molar-refractivity contribution >= 4 is 24.7 Å². The van der Waals surface area contributed by atoms with Crippen molar-refractivity contribution in [3.63, 3.8) is 0 Å². The fourth-order valence-corrected chi connectivity index (χ4v) is 8.87. The van der Waals surface area contributed by atoms with Crippen LogP contribution >= 0.6 is 0 Å². The summed E-state index contributed by atoms with van der Waals surface area (Å²) >= 11 is 0. The van der Waals surface area contributed by atoms with Gasteiger partial charge in [0.25, 0.3) is 8.32 Å². The molecule has 0 bridgehead atoms. The highest BCUT2D eigenvalue weighted by Gasteiger charge is 2.51. The number of hydrogen-bond donors (Lipinski definition) is 0. The minimum atomic E-state index is -2.66. The Morgan fingerprint density at radius 2 is 1.52 bits per heavy atom. The summed E-state index contributed by atoms with van der Waals surface area (Å²) < 4.78 is 18.3. The zero-order chi connectivity index (χ0) is 21.1. The monoisotopic (exact) mass is 412 g/mol. The topological polar surface area (TPSA) is 44.8 Å². The van der Waals surface area contributed by atoms with Gasteiger partial charge in [-0.1, -0.05) is 88.4 Å². The summed E-state index contributed by atoms with van der Waals surface area (Å²) in [5, 5.41) is 2.30. The molecule has 0 radical (unpaired) electrons. The van der Waals surface area contributed by atoms with Gasteiger partial charge in [-0.3, -0.25) is 4.79 Å². The zero-order valence-electron chi connectivity index (χ0n) is 18.1. The molecule has 0 aromatic heterocycles. The van der Waals surface area contributed by atoms with E-state index in [1.807, 2.05) is 19.1 Å². The Morgan fingerprint density at radius 3 is 1.97 bits per heavy atom. The van der Waals surface area contributed by atoms with Crippen LogP contribution < -0.4 is 10.4 Å². The van der Waals surface area contributed by atoms with Gasteiger partial charge in [-0.2, -0.15) is 0 Å². The highest BCUT2D eigenvalue weighted by molar-refractivity contribution is 6.99. The van der Waals surface area contributed by atoms with Gasteiger partial charge < -0.3 is 13.9 Å². The fourth-order valence-electron chi connectivity index (χ4n) is 4.30. The molecule has 0 N–H and O–H groups in total. The van der Waals surface area contributed by atoms with E-state index in [-0.39, 0.29) is 23.0 Å². The summed E-state index contributed by atoms with van der Waals surface area (Å²) in [6, 6.07) is 21.0. The van der Waals surface area contributed by atoms with Crippen LogP contribution in [0.25, 0.3) is 0 Å². The normalized spacial score (nSPS) is 22.9. The van der Waals surface area contributed by atoms with Gasteiger partial charge in [0.1, 0.15) is 6.10 Å². The second kappa shape index (κ2) is 8.82. The highest BCUT2D eigenvalue weighted by atomic mass is 28.4. The van der Waals surface area contributed by atoms with Crippen molar-refractivity contribution < 1.29 is 18.7 Å². The first-order chi connectivity index (χ1) is 13.8. The lowest BCUT2D eigenvalue weighted by molar-refractivity contribution is -0.176. The number of esters is 1. The molecular formula is C24H32O4Si. The van der Waals surface area contributed by atoms with Crippen LogP contribution in [-0.4, -0.2) is 40.2 Å². The van der Waals surface area contributed by atoms with Crippen LogP contribution in [-0.2, 0) is 18.7 Å². The van der Waals surface area contributed by atoms with E-state index in [4.69, 9.17) is 13.9 Å². The van der Waals surface area contributed by atoms with Gasteiger partial charge in [-0.05, 0) is 21.8 Å². The van der Waals surface area contributed by atoms with Gasteiger partial charge in [0.05, 0.1) is 18.6 Å². The lowest BCUT2D eigenvalue weighted by Crippen LogP contribution is -2.67. The van der Waals surface area contributed by atoms with Crippen molar-refractivity contribution in [2.45, 2.75) is 51.4 Å². The minimum absolute atomic E-state index is 0.121. The maximum atomic E-state index is 12.2. The lowest BCUT2D eigenvalue weighted by atomic mass is 9.97. The number of cyclic esters (lactones) is 1. The number of ether oxygens (including phenoxy) is 2. The van der Waals surface area contributed by atoms with Crippen LogP contribution in [0, 0.1) is 5.92 Å². The number of methoxy groups -OCH3 is 1. The molecule has 1 aliphatic heterocycles. The predicted molar refractivity (Wildman–Crippen MR) is 118 cm³/mol. The highest BCUT2D eigenvalue weighted by Crippen LogP contribution is 2.37. The minimum Gasteiger partial charge on any atom is -0.457 e. The summed E-state index contributed by atoms with van der Waals surface area (Å²) in [4.78, 5) is 12.2. The number of benzene rings is 2. The number of carbonyl (C=O) groups is 1. The van der Waals surface area contributed by atoms with Crippen LogP contribution in [0.1, 0.15) is 34.1 Å². The molecule has 0 saturated carbocycles. The van der Waals surface area contributed by atoms with Crippen LogP contribution in [0.4, 0.5) is 0 Å². The first-order valence-electron chi connectivity index (χ1n) is 10.3. The number of hydrogen-bond acceptors (Lipinski definition) is 4. The molecule has 3 rings (SSSR count). The van der Waals surface area contributed by atoms with Crippen LogP contribution in [0.5, 0.6) is 0 Å². The van der Waals surface area contributed by atoms with E-state index < -0.39 is 14.4 Å². The van der Waals surface area contributed by atoms with E-state index in [2.05, 4.69) is 69.3 Å². The number of carbonyl (C=O) groups excluding carboxylic acids is 1. The quantitative estimate of drug-likeness (QED) is 0.538. The third kappa shape index (κ3) is 4.32. The Hall–Kier alpha value is -1.95. The van der Waals surface area contributed by atoms with Gasteiger partial charge in [0, 0.05) is 7.11 Å². The summed E-state index contributed by atoms with van der Waals surface area (Å²) in [6.45, 7) is 8.92. The first-order valence-corrected chi connectivity index (χ1v) is 12.2. The summed E-state index contributed by atoms with van der Waals surface area (Å²) in [5.74, 6) is -0.321. The molecule has 0 aliphatic carbocycles. The molecule has 1 fully saturated rings. The molecule has 29 heavy (non-hydrogen) atoms. The second-order valence-corrected chi connectivity index (χ2v) is 13.2. The van der Waals surface area contributed by atoms with E-state index in [9.17, 15) is 4.79 Å². The Kier molecular flexibility index (Phi) is 6.61. The molecule has 1 saturated heterocycles. The molecule has 1 heterocycles. The van der Waals surface area contributed by atoms with Gasteiger partial charge >= 0.3 is 5.97 Å². The van der Waals surface area contributed by atoms with Gasteiger partial charge in [0.2, 0.25) is 0 Å². The molecule has 2 aromatic rings. The van der Waals surface area contributed by atoms with E-state index in [1.165, 1.54) is 10.4 Å². The molecule has 0 unspecified atom stereocenters. The van der Waals surface area contributed by atoms with Gasteiger partial charge in [-0.15, -0.1) is 0 Å². The van der Waals surface area contributed by atoms with E-state index in [0.717, 1.165) is 0 Å². The maximum absolute atomic E-state index is 12.2. The van der Waals surface area contributed by atoms with Crippen molar-refractivity contribution in [3.8, 4) is 0 Å². The van der Waals surface area contributed by atoms with Gasteiger partial charge in [-0.25, -0.2) is 0 Å². The molecule has 0 spiro atoms.